The van der Waals surface area contributed by atoms with Crippen molar-refractivity contribution >= 4 is 28.8 Å². The van der Waals surface area contributed by atoms with Crippen molar-refractivity contribution in [2.75, 3.05) is 5.32 Å². The van der Waals surface area contributed by atoms with Gasteiger partial charge >= 0.3 is 0 Å². The molecule has 152 valence electrons. The number of hydrogen-bond acceptors (Lipinski definition) is 5. The summed E-state index contributed by atoms with van der Waals surface area (Å²) in [4.78, 5) is 21.4. The van der Waals surface area contributed by atoms with Crippen LogP contribution in [-0.2, 0) is 0 Å². The lowest BCUT2D eigenvalue weighted by Crippen LogP contribution is -2.13. The summed E-state index contributed by atoms with van der Waals surface area (Å²) in [7, 11) is 0. The van der Waals surface area contributed by atoms with Crippen molar-refractivity contribution in [3.63, 3.8) is 0 Å². The largest absolute Gasteiger partial charge is 0.484 e. The molecule has 0 saturated carbocycles. The van der Waals surface area contributed by atoms with Crippen LogP contribution in [0.1, 0.15) is 40.3 Å². The normalized spacial score (nSPS) is 12.0. The number of aromatic nitrogens is 4. The molecule has 3 heterocycles. The van der Waals surface area contributed by atoms with E-state index < -0.39 is 0 Å². The first-order valence-electron chi connectivity index (χ1n) is 9.42. The lowest BCUT2D eigenvalue weighted by Gasteiger charge is -2.17. The summed E-state index contributed by atoms with van der Waals surface area (Å²) < 4.78 is 7.57. The van der Waals surface area contributed by atoms with Crippen LogP contribution in [-0.4, -0.2) is 25.5 Å². The van der Waals surface area contributed by atoms with E-state index in [1.54, 1.807) is 41.2 Å². The molecule has 0 saturated heterocycles. The second kappa shape index (κ2) is 8.12. The van der Waals surface area contributed by atoms with Gasteiger partial charge in [-0.15, -0.1) is 0 Å². The van der Waals surface area contributed by atoms with Crippen LogP contribution < -0.4 is 10.1 Å². The van der Waals surface area contributed by atoms with E-state index in [1.165, 1.54) is 6.20 Å². The van der Waals surface area contributed by atoms with Gasteiger partial charge in [0.25, 0.3) is 5.91 Å². The van der Waals surface area contributed by atoms with E-state index in [1.807, 2.05) is 32.9 Å². The third-order valence-electron chi connectivity index (χ3n) is 4.66. The predicted octanol–water partition coefficient (Wildman–Crippen LogP) is 4.79. The molecule has 3 aromatic heterocycles. The van der Waals surface area contributed by atoms with Gasteiger partial charge in [0.2, 0.25) is 0 Å². The molecule has 0 aliphatic heterocycles. The lowest BCUT2D eigenvalue weighted by atomic mass is 10.1. The zero-order valence-electron chi connectivity index (χ0n) is 16.8. The van der Waals surface area contributed by atoms with Crippen LogP contribution in [0, 0.1) is 13.8 Å². The summed E-state index contributed by atoms with van der Waals surface area (Å²) in [5, 5.41) is 7.73. The number of pyridine rings is 1. The Kier molecular flexibility index (Phi) is 5.37. The number of nitrogens with one attached hydrogen (secondary N) is 1. The highest BCUT2D eigenvalue weighted by Gasteiger charge is 2.18. The maximum atomic E-state index is 12.9. The van der Waals surface area contributed by atoms with Crippen LogP contribution in [0.2, 0.25) is 5.02 Å². The minimum absolute atomic E-state index is 0.295. The summed E-state index contributed by atoms with van der Waals surface area (Å²) in [5.74, 6) is 0.343. The number of benzene rings is 1. The van der Waals surface area contributed by atoms with Crippen molar-refractivity contribution in [2.45, 2.75) is 26.9 Å². The number of anilines is 1. The summed E-state index contributed by atoms with van der Waals surface area (Å²) in [5.41, 5.74) is 4.01. The second-order valence-corrected chi connectivity index (χ2v) is 7.38. The van der Waals surface area contributed by atoms with Gasteiger partial charge in [-0.05, 0) is 57.2 Å². The number of hydrogen-bond donors (Lipinski definition) is 1. The van der Waals surface area contributed by atoms with Crippen molar-refractivity contribution in [2.24, 2.45) is 0 Å². The van der Waals surface area contributed by atoms with Crippen molar-refractivity contribution < 1.29 is 9.53 Å². The van der Waals surface area contributed by atoms with Crippen molar-refractivity contribution in [1.29, 1.82) is 0 Å². The molecule has 0 aliphatic rings. The molecule has 8 heteroatoms. The van der Waals surface area contributed by atoms with E-state index in [0.717, 1.165) is 17.0 Å². The van der Waals surface area contributed by atoms with Crippen LogP contribution in [0.15, 0.2) is 55.0 Å². The highest BCUT2D eigenvalue weighted by atomic mass is 35.5. The summed E-state index contributed by atoms with van der Waals surface area (Å²) in [6.07, 6.45) is 4.51. The molecule has 1 atom stereocenters. The van der Waals surface area contributed by atoms with Crippen LogP contribution in [0.5, 0.6) is 5.75 Å². The zero-order valence-corrected chi connectivity index (χ0v) is 17.5. The van der Waals surface area contributed by atoms with E-state index in [0.29, 0.717) is 27.7 Å². The first-order valence-corrected chi connectivity index (χ1v) is 9.79. The summed E-state index contributed by atoms with van der Waals surface area (Å²) >= 11 is 6.37. The molecule has 0 bridgehead atoms. The molecule has 0 radical (unpaired) electrons. The lowest BCUT2D eigenvalue weighted by molar-refractivity contribution is 0.102. The van der Waals surface area contributed by atoms with E-state index in [2.05, 4.69) is 20.4 Å². The highest BCUT2D eigenvalue weighted by Crippen LogP contribution is 2.30. The molecule has 0 aliphatic carbocycles. The monoisotopic (exact) mass is 421 g/mol. The predicted molar refractivity (Wildman–Crippen MR) is 115 cm³/mol. The quantitative estimate of drug-likeness (QED) is 0.501. The Morgan fingerprint density at radius 2 is 2.03 bits per heavy atom. The van der Waals surface area contributed by atoms with E-state index >= 15 is 0 Å². The van der Waals surface area contributed by atoms with Gasteiger partial charge in [0.1, 0.15) is 17.4 Å². The number of amides is 1. The molecule has 4 aromatic rings. The molecular weight excluding hydrogens is 402 g/mol. The number of halogens is 1. The van der Waals surface area contributed by atoms with Crippen molar-refractivity contribution in [1.82, 2.24) is 19.6 Å². The molecule has 4 rings (SSSR count). The van der Waals surface area contributed by atoms with Crippen LogP contribution in [0.3, 0.4) is 0 Å². The smallest absolute Gasteiger partial charge is 0.261 e. The zero-order chi connectivity index (χ0) is 21.3. The molecule has 0 fully saturated rings. The van der Waals surface area contributed by atoms with E-state index in [9.17, 15) is 4.79 Å². The standard InChI is InChI=1S/C22H20ClN5O2/c1-13-9-14(2)28-21(26-13)19(12-25-28)22(29)27-16-6-7-20(23)18(10-16)15(3)30-17-5-4-8-24-11-17/h4-12,15H,1-3H3,(H,27,29). The first kappa shape index (κ1) is 19.8. The minimum Gasteiger partial charge on any atom is -0.484 e. The Balaban J connectivity index is 1.58. The number of carbonyl (C=O) groups is 1. The maximum Gasteiger partial charge on any atom is 0.261 e. The molecular formula is C22H20ClN5O2. The second-order valence-electron chi connectivity index (χ2n) is 6.97. The molecule has 1 unspecified atom stereocenters. The number of fused-ring (bicyclic) bond motifs is 1. The number of carbonyl (C=O) groups excluding carboxylic acids is 1. The first-order chi connectivity index (χ1) is 14.4. The van der Waals surface area contributed by atoms with Gasteiger partial charge < -0.3 is 10.1 Å². The number of aryl methyl sites for hydroxylation is 2. The maximum absolute atomic E-state index is 12.9. The third kappa shape index (κ3) is 3.97. The van der Waals surface area contributed by atoms with Crippen LogP contribution in [0.4, 0.5) is 5.69 Å². The van der Waals surface area contributed by atoms with Crippen molar-refractivity contribution in [3.8, 4) is 5.75 Å². The number of rotatable bonds is 5. The average molecular weight is 422 g/mol. The van der Waals surface area contributed by atoms with Gasteiger partial charge in [-0.25, -0.2) is 9.50 Å². The van der Waals surface area contributed by atoms with Crippen LogP contribution in [0.25, 0.3) is 5.65 Å². The Hall–Kier alpha value is -3.45. The topological polar surface area (TPSA) is 81.4 Å². The molecule has 1 amide bonds. The number of ether oxygens (including phenoxy) is 1. The van der Waals surface area contributed by atoms with E-state index in [4.69, 9.17) is 16.3 Å². The molecule has 7 nitrogen and oxygen atoms in total. The van der Waals surface area contributed by atoms with Gasteiger partial charge in [0.05, 0.1) is 12.4 Å². The molecule has 0 spiro atoms. The Labute approximate surface area is 178 Å². The fraction of sp³-hybridized carbons (Fsp3) is 0.182. The van der Waals surface area contributed by atoms with E-state index in [-0.39, 0.29) is 12.0 Å². The highest BCUT2D eigenvalue weighted by molar-refractivity contribution is 6.31. The average Bonchev–Trinajstić information content (AvgIpc) is 3.14. The minimum atomic E-state index is -0.331. The Morgan fingerprint density at radius 1 is 1.20 bits per heavy atom. The Morgan fingerprint density at radius 3 is 2.80 bits per heavy atom. The van der Waals surface area contributed by atoms with Crippen molar-refractivity contribution in [3.05, 3.63) is 82.5 Å². The molecule has 1 N–H and O–H groups in total. The van der Waals surface area contributed by atoms with Gasteiger partial charge in [0, 0.05) is 33.9 Å². The van der Waals surface area contributed by atoms with Gasteiger partial charge in [0.15, 0.2) is 5.65 Å². The third-order valence-corrected chi connectivity index (χ3v) is 5.01. The fourth-order valence-electron chi connectivity index (χ4n) is 3.25. The van der Waals surface area contributed by atoms with Gasteiger partial charge in [-0.3, -0.25) is 9.78 Å². The number of nitrogens with zero attached hydrogens (tertiary/aromatic N) is 4. The summed E-state index contributed by atoms with van der Waals surface area (Å²) in [6.45, 7) is 5.70. The SMILES string of the molecule is Cc1cc(C)n2ncc(C(=O)Nc3ccc(Cl)c(C(C)Oc4cccnc4)c3)c2n1. The Bertz CT molecular complexity index is 1220. The van der Waals surface area contributed by atoms with Crippen LogP contribution >= 0.6 is 11.6 Å². The fourth-order valence-corrected chi connectivity index (χ4v) is 3.52. The molecule has 30 heavy (non-hydrogen) atoms. The van der Waals surface area contributed by atoms with Gasteiger partial charge in [-0.1, -0.05) is 11.6 Å². The molecule has 1 aromatic carbocycles. The van der Waals surface area contributed by atoms with Gasteiger partial charge in [-0.2, -0.15) is 5.10 Å². The summed E-state index contributed by atoms with van der Waals surface area (Å²) in [6, 6.07) is 10.8.